The Bertz CT molecular complexity index is 551. The summed E-state index contributed by atoms with van der Waals surface area (Å²) in [4.78, 5) is 0. The van der Waals surface area contributed by atoms with E-state index in [4.69, 9.17) is 0 Å². The van der Waals surface area contributed by atoms with Crippen molar-refractivity contribution in [1.29, 1.82) is 0 Å². The Morgan fingerprint density at radius 3 is 2.19 bits per heavy atom. The molecule has 2 heteroatoms. The van der Waals surface area contributed by atoms with Gasteiger partial charge in [-0.25, -0.2) is 0 Å². The largest absolute Gasteiger partial charge is 0.303 e. The molecule has 21 heavy (non-hydrogen) atoms. The molecule has 0 saturated carbocycles. The van der Waals surface area contributed by atoms with Crippen LogP contribution in [0.2, 0.25) is 0 Å². The number of benzene rings is 2. The van der Waals surface area contributed by atoms with Crippen molar-refractivity contribution in [2.45, 2.75) is 39.3 Å². The zero-order valence-corrected chi connectivity index (χ0v) is 14.6. The molecule has 2 aromatic rings. The lowest BCUT2D eigenvalue weighted by molar-refractivity contribution is 0.394. The predicted molar refractivity (Wildman–Crippen MR) is 94.3 cm³/mol. The molecule has 0 amide bonds. The van der Waals surface area contributed by atoms with Gasteiger partial charge in [-0.1, -0.05) is 72.2 Å². The highest BCUT2D eigenvalue weighted by Crippen LogP contribution is 2.26. The summed E-state index contributed by atoms with van der Waals surface area (Å²) in [6, 6.07) is 20.0. The van der Waals surface area contributed by atoms with Gasteiger partial charge in [0.25, 0.3) is 0 Å². The van der Waals surface area contributed by atoms with Crippen molar-refractivity contribution in [3.8, 4) is 0 Å². The summed E-state index contributed by atoms with van der Waals surface area (Å²) in [5, 5.41) is 3.79. The minimum absolute atomic E-state index is 0.325. The van der Waals surface area contributed by atoms with Crippen LogP contribution in [0.4, 0.5) is 0 Å². The van der Waals surface area contributed by atoms with Crippen molar-refractivity contribution in [2.75, 3.05) is 0 Å². The van der Waals surface area contributed by atoms with Crippen molar-refractivity contribution in [3.63, 3.8) is 0 Å². The summed E-state index contributed by atoms with van der Waals surface area (Å²) in [7, 11) is 0. The molecule has 2 atom stereocenters. The molecule has 2 unspecified atom stereocenters. The molecule has 0 fully saturated rings. The SMILES string of the molecule is CC(C)CC(NC(C)c1cccc(Br)c1)c1ccccc1. The minimum Gasteiger partial charge on any atom is -0.303 e. The van der Waals surface area contributed by atoms with Gasteiger partial charge >= 0.3 is 0 Å². The first-order valence-corrected chi connectivity index (χ1v) is 8.42. The third-order valence-electron chi connectivity index (χ3n) is 3.71. The van der Waals surface area contributed by atoms with Crippen LogP contribution in [0.3, 0.4) is 0 Å². The van der Waals surface area contributed by atoms with E-state index in [1.807, 2.05) is 0 Å². The lowest BCUT2D eigenvalue weighted by Crippen LogP contribution is -2.26. The first-order chi connectivity index (χ1) is 10.1. The van der Waals surface area contributed by atoms with Crippen molar-refractivity contribution in [3.05, 3.63) is 70.2 Å². The maximum atomic E-state index is 3.79. The first kappa shape index (κ1) is 16.3. The van der Waals surface area contributed by atoms with Gasteiger partial charge in [-0.2, -0.15) is 0 Å². The van der Waals surface area contributed by atoms with E-state index in [-0.39, 0.29) is 0 Å². The predicted octanol–water partition coefficient (Wildman–Crippen LogP) is 5.89. The normalized spacial score (nSPS) is 14.1. The summed E-state index contributed by atoms with van der Waals surface area (Å²) in [5.74, 6) is 0.664. The summed E-state index contributed by atoms with van der Waals surface area (Å²) < 4.78 is 1.13. The molecule has 0 radical (unpaired) electrons. The summed E-state index contributed by atoms with van der Waals surface area (Å²) in [6.45, 7) is 6.79. The van der Waals surface area contributed by atoms with Crippen LogP contribution in [0.15, 0.2) is 59.1 Å². The third-order valence-corrected chi connectivity index (χ3v) is 4.20. The van der Waals surface area contributed by atoms with Gasteiger partial charge in [-0.3, -0.25) is 0 Å². The van der Waals surface area contributed by atoms with Gasteiger partial charge in [-0.15, -0.1) is 0 Å². The van der Waals surface area contributed by atoms with E-state index in [0.717, 1.165) is 10.9 Å². The van der Waals surface area contributed by atoms with Crippen LogP contribution in [-0.2, 0) is 0 Å². The number of hydrogen-bond acceptors (Lipinski definition) is 1. The maximum Gasteiger partial charge on any atom is 0.0328 e. The molecule has 0 aliphatic heterocycles. The Hall–Kier alpha value is -1.12. The Labute approximate surface area is 136 Å². The highest BCUT2D eigenvalue weighted by Gasteiger charge is 2.16. The summed E-state index contributed by atoms with van der Waals surface area (Å²) >= 11 is 3.55. The number of nitrogens with one attached hydrogen (secondary N) is 1. The molecule has 2 aromatic carbocycles. The molecule has 1 N–H and O–H groups in total. The standard InChI is InChI=1S/C19H24BrN/c1-14(2)12-19(16-8-5-4-6-9-16)21-15(3)17-10-7-11-18(20)13-17/h4-11,13-15,19,21H,12H2,1-3H3. The van der Waals surface area contributed by atoms with Gasteiger partial charge in [0.2, 0.25) is 0 Å². The Kier molecular flexibility index (Phi) is 6.01. The average molecular weight is 346 g/mol. The zero-order chi connectivity index (χ0) is 15.2. The van der Waals surface area contributed by atoms with E-state index < -0.39 is 0 Å². The van der Waals surface area contributed by atoms with Gasteiger partial charge < -0.3 is 5.32 Å². The van der Waals surface area contributed by atoms with Crippen LogP contribution in [-0.4, -0.2) is 0 Å². The molecule has 112 valence electrons. The van der Waals surface area contributed by atoms with Gasteiger partial charge in [0.15, 0.2) is 0 Å². The second kappa shape index (κ2) is 7.77. The number of hydrogen-bond donors (Lipinski definition) is 1. The topological polar surface area (TPSA) is 12.0 Å². The molecule has 0 saturated heterocycles. The van der Waals surface area contributed by atoms with Crippen LogP contribution in [0.1, 0.15) is 50.4 Å². The molecule has 2 rings (SSSR count). The Morgan fingerprint density at radius 1 is 0.905 bits per heavy atom. The molecule has 0 spiro atoms. The maximum absolute atomic E-state index is 3.79. The molecule has 0 aliphatic carbocycles. The van der Waals surface area contributed by atoms with E-state index in [0.29, 0.717) is 18.0 Å². The number of rotatable bonds is 6. The summed E-state index contributed by atoms with van der Waals surface area (Å²) in [5.41, 5.74) is 2.68. The Balaban J connectivity index is 2.15. The molecular weight excluding hydrogens is 322 g/mol. The Morgan fingerprint density at radius 2 is 1.57 bits per heavy atom. The second-order valence-electron chi connectivity index (χ2n) is 6.04. The van der Waals surface area contributed by atoms with E-state index in [1.165, 1.54) is 11.1 Å². The smallest absolute Gasteiger partial charge is 0.0328 e. The highest BCUT2D eigenvalue weighted by atomic mass is 79.9. The van der Waals surface area contributed by atoms with Crippen molar-refractivity contribution in [1.82, 2.24) is 5.32 Å². The van der Waals surface area contributed by atoms with Crippen LogP contribution < -0.4 is 5.32 Å². The van der Waals surface area contributed by atoms with Gasteiger partial charge in [0.05, 0.1) is 0 Å². The molecule has 0 heterocycles. The second-order valence-corrected chi connectivity index (χ2v) is 6.95. The van der Waals surface area contributed by atoms with Crippen molar-refractivity contribution in [2.24, 2.45) is 5.92 Å². The molecule has 0 bridgehead atoms. The van der Waals surface area contributed by atoms with Crippen LogP contribution >= 0.6 is 15.9 Å². The fraction of sp³-hybridized carbons (Fsp3) is 0.368. The molecular formula is C19H24BrN. The fourth-order valence-corrected chi connectivity index (χ4v) is 3.05. The van der Waals surface area contributed by atoms with E-state index >= 15 is 0 Å². The molecule has 0 aliphatic rings. The van der Waals surface area contributed by atoms with E-state index in [1.54, 1.807) is 0 Å². The number of halogens is 1. The van der Waals surface area contributed by atoms with E-state index in [9.17, 15) is 0 Å². The highest BCUT2D eigenvalue weighted by molar-refractivity contribution is 9.10. The van der Waals surface area contributed by atoms with Crippen LogP contribution in [0, 0.1) is 5.92 Å². The lowest BCUT2D eigenvalue weighted by atomic mass is 9.95. The summed E-state index contributed by atoms with van der Waals surface area (Å²) in [6.07, 6.45) is 1.14. The fourth-order valence-electron chi connectivity index (χ4n) is 2.63. The molecule has 1 nitrogen and oxygen atoms in total. The quantitative estimate of drug-likeness (QED) is 0.688. The van der Waals surface area contributed by atoms with Crippen molar-refractivity contribution < 1.29 is 0 Å². The van der Waals surface area contributed by atoms with Crippen LogP contribution in [0.5, 0.6) is 0 Å². The third kappa shape index (κ3) is 4.98. The van der Waals surface area contributed by atoms with Gasteiger partial charge in [-0.05, 0) is 42.5 Å². The first-order valence-electron chi connectivity index (χ1n) is 7.62. The lowest BCUT2D eigenvalue weighted by Gasteiger charge is -2.26. The monoisotopic (exact) mass is 345 g/mol. The van der Waals surface area contributed by atoms with Crippen molar-refractivity contribution >= 4 is 15.9 Å². The van der Waals surface area contributed by atoms with Gasteiger partial charge in [0, 0.05) is 16.6 Å². The minimum atomic E-state index is 0.325. The van der Waals surface area contributed by atoms with E-state index in [2.05, 4.69) is 96.6 Å². The van der Waals surface area contributed by atoms with Gasteiger partial charge in [0.1, 0.15) is 0 Å². The zero-order valence-electron chi connectivity index (χ0n) is 13.0. The molecule has 0 aromatic heterocycles. The average Bonchev–Trinajstić information content (AvgIpc) is 2.47. The van der Waals surface area contributed by atoms with Crippen LogP contribution in [0.25, 0.3) is 0 Å².